The number of nitrogens with zero attached hydrogens (tertiary/aromatic N) is 2. The number of carbonyl (C=O) groups excluding carboxylic acids is 1. The Morgan fingerprint density at radius 2 is 1.95 bits per heavy atom. The van der Waals surface area contributed by atoms with Gasteiger partial charge in [-0.15, -0.1) is 0 Å². The molecule has 0 aliphatic carbocycles. The molecular formula is C15H20N2O2. The van der Waals surface area contributed by atoms with Gasteiger partial charge in [-0.2, -0.15) is 0 Å². The highest BCUT2D eigenvalue weighted by Crippen LogP contribution is 2.17. The summed E-state index contributed by atoms with van der Waals surface area (Å²) in [5.74, 6) is -0.431. The van der Waals surface area contributed by atoms with Crippen molar-refractivity contribution in [1.82, 2.24) is 9.97 Å². The van der Waals surface area contributed by atoms with Crippen LogP contribution in [-0.2, 0) is 4.74 Å². The number of esters is 1. The van der Waals surface area contributed by atoms with E-state index in [1.807, 2.05) is 19.1 Å². The number of hydrogen-bond acceptors (Lipinski definition) is 4. The molecule has 0 spiro atoms. The van der Waals surface area contributed by atoms with Crippen molar-refractivity contribution < 1.29 is 9.53 Å². The Morgan fingerprint density at radius 3 is 2.53 bits per heavy atom. The van der Waals surface area contributed by atoms with Crippen LogP contribution in [0, 0.1) is 6.92 Å². The van der Waals surface area contributed by atoms with E-state index in [1.165, 1.54) is 20.0 Å². The van der Waals surface area contributed by atoms with Gasteiger partial charge in [-0.05, 0) is 19.1 Å². The number of hydrogen-bond donors (Lipinski definition) is 0. The van der Waals surface area contributed by atoms with Gasteiger partial charge in [0, 0.05) is 23.3 Å². The fourth-order valence-electron chi connectivity index (χ4n) is 1.48. The Bertz CT molecular complexity index is 551. The van der Waals surface area contributed by atoms with Crippen molar-refractivity contribution in [3.63, 3.8) is 0 Å². The molecule has 0 aliphatic heterocycles. The van der Waals surface area contributed by atoms with Crippen LogP contribution in [0.25, 0.3) is 10.9 Å². The molecule has 19 heavy (non-hydrogen) atoms. The van der Waals surface area contributed by atoms with Crippen LogP contribution >= 0.6 is 0 Å². The second-order valence-corrected chi connectivity index (χ2v) is 4.16. The lowest BCUT2D eigenvalue weighted by molar-refractivity contribution is 0.0593. The van der Waals surface area contributed by atoms with E-state index < -0.39 is 5.97 Å². The number of rotatable bonds is 2. The van der Waals surface area contributed by atoms with Crippen LogP contribution in [0.3, 0.4) is 0 Å². The predicted molar refractivity (Wildman–Crippen MR) is 76.2 cm³/mol. The maximum atomic E-state index is 11.4. The van der Waals surface area contributed by atoms with Crippen LogP contribution in [0.1, 0.15) is 42.7 Å². The summed E-state index contributed by atoms with van der Waals surface area (Å²) in [6.07, 6.45) is 5.96. The molecule has 0 unspecified atom stereocenters. The number of fused-ring (bicyclic) bond motifs is 1. The lowest BCUT2D eigenvalue weighted by Gasteiger charge is -2.05. The van der Waals surface area contributed by atoms with E-state index in [4.69, 9.17) is 0 Å². The predicted octanol–water partition coefficient (Wildman–Crippen LogP) is 3.53. The minimum atomic E-state index is -0.431. The molecule has 0 saturated heterocycles. The Morgan fingerprint density at radius 1 is 1.26 bits per heavy atom. The van der Waals surface area contributed by atoms with E-state index in [0.717, 1.165) is 16.5 Å². The van der Waals surface area contributed by atoms with E-state index in [0.29, 0.717) is 5.69 Å². The second kappa shape index (κ2) is 7.46. The number of unbranched alkanes of at least 4 members (excludes halogenated alkanes) is 1. The number of ether oxygens (including phenoxy) is 1. The average molecular weight is 260 g/mol. The zero-order chi connectivity index (χ0) is 14.3. The fraction of sp³-hybridized carbons (Fsp3) is 0.400. The molecule has 0 bridgehead atoms. The molecule has 2 aromatic rings. The second-order valence-electron chi connectivity index (χ2n) is 4.16. The highest BCUT2D eigenvalue weighted by molar-refractivity contribution is 5.94. The van der Waals surface area contributed by atoms with E-state index in [9.17, 15) is 4.79 Å². The summed E-state index contributed by atoms with van der Waals surface area (Å²) in [5, 5.41) is 0.919. The van der Waals surface area contributed by atoms with Crippen LogP contribution in [0.15, 0.2) is 24.5 Å². The van der Waals surface area contributed by atoms with Crippen molar-refractivity contribution in [2.75, 3.05) is 7.11 Å². The van der Waals surface area contributed by atoms with E-state index in [2.05, 4.69) is 28.6 Å². The van der Waals surface area contributed by atoms with Crippen molar-refractivity contribution in [3.05, 3.63) is 35.8 Å². The molecule has 2 aromatic heterocycles. The average Bonchev–Trinajstić information content (AvgIpc) is 2.47. The SMILES string of the molecule is CCCC.COC(=O)c1ncc2cccnc2c1C. The third kappa shape index (κ3) is 3.74. The molecule has 102 valence electrons. The summed E-state index contributed by atoms with van der Waals surface area (Å²) >= 11 is 0. The van der Waals surface area contributed by atoms with Crippen LogP contribution in [0.4, 0.5) is 0 Å². The van der Waals surface area contributed by atoms with Crippen LogP contribution in [-0.4, -0.2) is 23.0 Å². The Kier molecular flexibility index (Phi) is 5.93. The lowest BCUT2D eigenvalue weighted by Crippen LogP contribution is -2.07. The van der Waals surface area contributed by atoms with Gasteiger partial charge in [-0.3, -0.25) is 4.98 Å². The van der Waals surface area contributed by atoms with Gasteiger partial charge in [0.1, 0.15) is 0 Å². The number of carbonyl (C=O) groups is 1. The quantitative estimate of drug-likeness (QED) is 0.775. The molecule has 0 N–H and O–H groups in total. The Balaban J connectivity index is 0.000000399. The summed E-state index contributed by atoms with van der Waals surface area (Å²) in [5.41, 5.74) is 1.86. The molecule has 0 saturated carbocycles. The first-order chi connectivity index (χ1) is 9.15. The first-order valence-corrected chi connectivity index (χ1v) is 6.44. The normalized spacial score (nSPS) is 9.68. The van der Waals surface area contributed by atoms with E-state index in [-0.39, 0.29) is 0 Å². The Hall–Kier alpha value is -1.97. The molecule has 0 fully saturated rings. The minimum absolute atomic E-state index is 0.323. The van der Waals surface area contributed by atoms with Gasteiger partial charge in [0.15, 0.2) is 5.69 Å². The molecule has 2 heterocycles. The molecule has 0 aromatic carbocycles. The van der Waals surface area contributed by atoms with Crippen molar-refractivity contribution in [2.24, 2.45) is 0 Å². The molecule has 2 rings (SSSR count). The van der Waals surface area contributed by atoms with Gasteiger partial charge in [0.2, 0.25) is 0 Å². The summed E-state index contributed by atoms with van der Waals surface area (Å²) in [6, 6.07) is 3.74. The molecule has 0 atom stereocenters. The number of aromatic nitrogens is 2. The first-order valence-electron chi connectivity index (χ1n) is 6.44. The van der Waals surface area contributed by atoms with Crippen molar-refractivity contribution >= 4 is 16.9 Å². The summed E-state index contributed by atoms with van der Waals surface area (Å²) in [6.45, 7) is 6.18. The molecule has 0 amide bonds. The van der Waals surface area contributed by atoms with Gasteiger partial charge in [-0.25, -0.2) is 9.78 Å². The maximum Gasteiger partial charge on any atom is 0.356 e. The third-order valence-corrected chi connectivity index (χ3v) is 2.76. The van der Waals surface area contributed by atoms with E-state index >= 15 is 0 Å². The summed E-state index contributed by atoms with van der Waals surface area (Å²) in [7, 11) is 1.34. The zero-order valence-electron chi connectivity index (χ0n) is 11.9. The Labute approximate surface area is 113 Å². The van der Waals surface area contributed by atoms with Gasteiger partial charge in [-0.1, -0.05) is 26.7 Å². The smallest absolute Gasteiger partial charge is 0.356 e. The standard InChI is InChI=1S/C11H10N2O2.C4H10/c1-7-9-8(4-3-5-12-9)6-13-10(7)11(14)15-2;1-3-4-2/h3-6H,1-2H3;3-4H2,1-2H3. The molecular weight excluding hydrogens is 240 g/mol. The van der Waals surface area contributed by atoms with Crippen molar-refractivity contribution in [3.8, 4) is 0 Å². The molecule has 0 radical (unpaired) electrons. The summed E-state index contributed by atoms with van der Waals surface area (Å²) < 4.78 is 4.64. The van der Waals surface area contributed by atoms with Gasteiger partial charge < -0.3 is 4.74 Å². The zero-order valence-corrected chi connectivity index (χ0v) is 11.9. The number of aryl methyl sites for hydroxylation is 1. The number of methoxy groups -OCH3 is 1. The minimum Gasteiger partial charge on any atom is -0.464 e. The highest BCUT2D eigenvalue weighted by atomic mass is 16.5. The summed E-state index contributed by atoms with van der Waals surface area (Å²) in [4.78, 5) is 19.6. The first kappa shape index (κ1) is 15.1. The fourth-order valence-corrected chi connectivity index (χ4v) is 1.48. The molecule has 0 aliphatic rings. The van der Waals surface area contributed by atoms with E-state index in [1.54, 1.807) is 12.4 Å². The topological polar surface area (TPSA) is 52.1 Å². The van der Waals surface area contributed by atoms with Crippen molar-refractivity contribution in [1.29, 1.82) is 0 Å². The molecule has 4 heteroatoms. The van der Waals surface area contributed by atoms with Crippen LogP contribution < -0.4 is 0 Å². The van der Waals surface area contributed by atoms with Gasteiger partial charge >= 0.3 is 5.97 Å². The number of pyridine rings is 2. The van der Waals surface area contributed by atoms with Gasteiger partial charge in [0.25, 0.3) is 0 Å². The van der Waals surface area contributed by atoms with Crippen molar-refractivity contribution in [2.45, 2.75) is 33.6 Å². The lowest BCUT2D eigenvalue weighted by atomic mass is 10.1. The third-order valence-electron chi connectivity index (χ3n) is 2.76. The largest absolute Gasteiger partial charge is 0.464 e. The molecule has 4 nitrogen and oxygen atoms in total. The monoisotopic (exact) mass is 260 g/mol. The van der Waals surface area contributed by atoms with Crippen LogP contribution in [0.5, 0.6) is 0 Å². The van der Waals surface area contributed by atoms with Crippen LogP contribution in [0.2, 0.25) is 0 Å². The maximum absolute atomic E-state index is 11.4. The highest BCUT2D eigenvalue weighted by Gasteiger charge is 2.13. The van der Waals surface area contributed by atoms with Gasteiger partial charge in [0.05, 0.1) is 12.6 Å².